The fourth-order valence-corrected chi connectivity index (χ4v) is 4.13. The number of Topliss-reactive ketones (excluding diaryl/α,β-unsaturated/α-hetero) is 2. The molecule has 3 nitrogen and oxygen atoms in total. The highest BCUT2D eigenvalue weighted by atomic mass is 16.5. The second kappa shape index (κ2) is 4.88. The Morgan fingerprint density at radius 2 is 1.83 bits per heavy atom. The molecule has 0 N–H and O–H groups in total. The number of ketones is 2. The first-order valence-electron chi connectivity index (χ1n) is 8.52. The van der Waals surface area contributed by atoms with Crippen molar-refractivity contribution in [2.45, 2.75) is 58.7 Å². The molecule has 1 aromatic carbocycles. The Labute approximate surface area is 136 Å². The van der Waals surface area contributed by atoms with Crippen molar-refractivity contribution < 1.29 is 14.3 Å². The number of rotatable bonds is 0. The van der Waals surface area contributed by atoms with E-state index in [9.17, 15) is 9.59 Å². The van der Waals surface area contributed by atoms with E-state index in [-0.39, 0.29) is 23.8 Å². The molecule has 3 heteroatoms. The summed E-state index contributed by atoms with van der Waals surface area (Å²) in [4.78, 5) is 25.9. The average Bonchev–Trinajstić information content (AvgIpc) is 2.63. The molecule has 3 aliphatic rings. The van der Waals surface area contributed by atoms with Crippen molar-refractivity contribution in [2.24, 2.45) is 5.41 Å². The highest BCUT2D eigenvalue weighted by molar-refractivity contribution is 6.50. The van der Waals surface area contributed by atoms with Crippen molar-refractivity contribution in [1.29, 1.82) is 0 Å². The summed E-state index contributed by atoms with van der Waals surface area (Å²) in [7, 11) is 0. The molecule has 0 spiro atoms. The van der Waals surface area contributed by atoms with E-state index >= 15 is 0 Å². The minimum atomic E-state index is -0.439. The monoisotopic (exact) mass is 310 g/mol. The van der Waals surface area contributed by atoms with Crippen LogP contribution in [0.1, 0.15) is 66.8 Å². The Kier molecular flexibility index (Phi) is 3.14. The Bertz CT molecular complexity index is 754. The standard InChI is InChI=1S/C20H22O3/c1-11-20(2,3)15-10-16(23-11)14-9-8-12-6-4-5-7-13(12)17(14)19(22)18(15)21/h8-11,16H,4-7H2,1-3H3. The molecule has 0 saturated heterocycles. The van der Waals surface area contributed by atoms with E-state index in [1.165, 1.54) is 5.56 Å². The molecular formula is C20H22O3. The molecule has 23 heavy (non-hydrogen) atoms. The van der Waals surface area contributed by atoms with Gasteiger partial charge in [0.05, 0.1) is 6.10 Å². The fourth-order valence-electron chi connectivity index (χ4n) is 4.13. The summed E-state index contributed by atoms with van der Waals surface area (Å²) in [6.45, 7) is 5.95. The van der Waals surface area contributed by atoms with E-state index in [4.69, 9.17) is 4.74 Å². The predicted octanol–water partition coefficient (Wildman–Crippen LogP) is 3.74. The van der Waals surface area contributed by atoms with Crippen molar-refractivity contribution in [1.82, 2.24) is 0 Å². The lowest BCUT2D eigenvalue weighted by atomic mass is 9.75. The largest absolute Gasteiger partial charge is 0.366 e. The van der Waals surface area contributed by atoms with E-state index < -0.39 is 5.41 Å². The first-order valence-corrected chi connectivity index (χ1v) is 8.52. The zero-order valence-electron chi connectivity index (χ0n) is 13.9. The van der Waals surface area contributed by atoms with Crippen LogP contribution in [0.2, 0.25) is 0 Å². The number of fused-ring (bicyclic) bond motifs is 5. The first-order chi connectivity index (χ1) is 10.9. The fraction of sp³-hybridized carbons (Fsp3) is 0.500. The second-order valence-corrected chi connectivity index (χ2v) is 7.53. The van der Waals surface area contributed by atoms with Crippen LogP contribution in [0.15, 0.2) is 23.8 Å². The molecule has 1 aliphatic heterocycles. The molecule has 2 atom stereocenters. The Morgan fingerprint density at radius 1 is 1.09 bits per heavy atom. The van der Waals surface area contributed by atoms with Gasteiger partial charge in [-0.25, -0.2) is 0 Å². The van der Waals surface area contributed by atoms with E-state index in [0.717, 1.165) is 36.8 Å². The van der Waals surface area contributed by atoms with Crippen molar-refractivity contribution in [3.63, 3.8) is 0 Å². The number of benzene rings is 1. The molecule has 0 amide bonds. The molecule has 2 bridgehead atoms. The first kappa shape index (κ1) is 14.8. The Morgan fingerprint density at radius 3 is 2.61 bits per heavy atom. The van der Waals surface area contributed by atoms with Crippen LogP contribution < -0.4 is 0 Å². The van der Waals surface area contributed by atoms with Gasteiger partial charge in [0.25, 0.3) is 0 Å². The summed E-state index contributed by atoms with van der Waals surface area (Å²) >= 11 is 0. The van der Waals surface area contributed by atoms with Gasteiger partial charge in [-0.2, -0.15) is 0 Å². The summed E-state index contributed by atoms with van der Waals surface area (Å²) in [5.74, 6) is -0.675. The maximum Gasteiger partial charge on any atom is 0.233 e. The van der Waals surface area contributed by atoms with Crippen LogP contribution in [0.5, 0.6) is 0 Å². The van der Waals surface area contributed by atoms with Crippen LogP contribution in [0.4, 0.5) is 0 Å². The SMILES string of the molecule is CC1OC2C=C(C(=O)C(=O)c3c2ccc2c3CCCC2)C1(C)C. The number of carbonyl (C=O) groups is 2. The molecule has 0 radical (unpaired) electrons. The molecule has 0 aromatic heterocycles. The van der Waals surface area contributed by atoms with Gasteiger partial charge >= 0.3 is 0 Å². The third-order valence-corrected chi connectivity index (χ3v) is 5.93. The Hall–Kier alpha value is -1.74. The molecule has 120 valence electrons. The second-order valence-electron chi connectivity index (χ2n) is 7.53. The van der Waals surface area contributed by atoms with Gasteiger partial charge < -0.3 is 4.74 Å². The van der Waals surface area contributed by atoms with E-state index in [1.807, 2.05) is 32.9 Å². The van der Waals surface area contributed by atoms with Gasteiger partial charge in [-0.05, 0) is 55.4 Å². The molecule has 2 aliphatic carbocycles. The normalized spacial score (nSPS) is 28.6. The minimum Gasteiger partial charge on any atom is -0.366 e. The topological polar surface area (TPSA) is 43.4 Å². The van der Waals surface area contributed by atoms with Crippen molar-refractivity contribution >= 4 is 11.6 Å². The molecule has 2 unspecified atom stereocenters. The van der Waals surface area contributed by atoms with Crippen molar-refractivity contribution in [2.75, 3.05) is 0 Å². The number of carbonyl (C=O) groups excluding carboxylic acids is 2. The molecule has 0 saturated carbocycles. The van der Waals surface area contributed by atoms with Gasteiger partial charge in [0.1, 0.15) is 6.10 Å². The molecule has 0 fully saturated rings. The van der Waals surface area contributed by atoms with Gasteiger partial charge in [0.15, 0.2) is 0 Å². The highest BCUT2D eigenvalue weighted by Gasteiger charge is 2.46. The number of ether oxygens (including phenoxy) is 1. The summed E-state index contributed by atoms with van der Waals surface area (Å²) < 4.78 is 6.19. The molecule has 4 rings (SSSR count). The summed E-state index contributed by atoms with van der Waals surface area (Å²) in [6, 6.07) is 4.12. The molecule has 1 heterocycles. The lowest BCUT2D eigenvalue weighted by Crippen LogP contribution is -2.39. The van der Waals surface area contributed by atoms with E-state index in [2.05, 4.69) is 6.07 Å². The lowest BCUT2D eigenvalue weighted by molar-refractivity contribution is -0.115. The van der Waals surface area contributed by atoms with Crippen LogP contribution in [0.25, 0.3) is 0 Å². The van der Waals surface area contributed by atoms with Gasteiger partial charge in [0, 0.05) is 16.6 Å². The maximum absolute atomic E-state index is 13.0. The quantitative estimate of drug-likeness (QED) is 0.686. The highest BCUT2D eigenvalue weighted by Crippen LogP contribution is 2.46. The number of hydrogen-bond donors (Lipinski definition) is 0. The lowest BCUT2D eigenvalue weighted by Gasteiger charge is -2.39. The predicted molar refractivity (Wildman–Crippen MR) is 87.6 cm³/mol. The smallest absolute Gasteiger partial charge is 0.233 e. The van der Waals surface area contributed by atoms with Gasteiger partial charge in [-0.3, -0.25) is 9.59 Å². The summed E-state index contributed by atoms with van der Waals surface area (Å²) in [6.07, 6.45) is 5.61. The van der Waals surface area contributed by atoms with E-state index in [0.29, 0.717) is 11.1 Å². The third-order valence-electron chi connectivity index (χ3n) is 5.93. The van der Waals surface area contributed by atoms with Crippen LogP contribution in [-0.2, 0) is 22.4 Å². The van der Waals surface area contributed by atoms with Gasteiger partial charge in [-0.15, -0.1) is 0 Å². The number of hydrogen-bond acceptors (Lipinski definition) is 3. The zero-order valence-corrected chi connectivity index (χ0v) is 13.9. The summed E-state index contributed by atoms with van der Waals surface area (Å²) in [5, 5.41) is 0. The zero-order chi connectivity index (χ0) is 16.4. The van der Waals surface area contributed by atoms with Crippen LogP contribution in [0.3, 0.4) is 0 Å². The Balaban J connectivity index is 1.96. The van der Waals surface area contributed by atoms with Crippen molar-refractivity contribution in [3.05, 3.63) is 46.0 Å². The van der Waals surface area contributed by atoms with Crippen LogP contribution >= 0.6 is 0 Å². The van der Waals surface area contributed by atoms with Crippen LogP contribution in [-0.4, -0.2) is 17.7 Å². The molecular weight excluding hydrogens is 288 g/mol. The van der Waals surface area contributed by atoms with Gasteiger partial charge in [-0.1, -0.05) is 26.0 Å². The third kappa shape index (κ3) is 1.99. The summed E-state index contributed by atoms with van der Waals surface area (Å²) in [5.41, 5.74) is 4.00. The molecule has 1 aromatic rings. The van der Waals surface area contributed by atoms with Crippen LogP contribution in [0, 0.1) is 5.41 Å². The minimum absolute atomic E-state index is 0.105. The number of aryl methyl sites for hydroxylation is 1. The van der Waals surface area contributed by atoms with Gasteiger partial charge in [0.2, 0.25) is 11.6 Å². The van der Waals surface area contributed by atoms with E-state index in [1.54, 1.807) is 0 Å². The average molecular weight is 310 g/mol. The van der Waals surface area contributed by atoms with Crippen molar-refractivity contribution in [3.8, 4) is 0 Å². The maximum atomic E-state index is 13.0.